The normalized spacial score (nSPS) is 41.1. The Balaban J connectivity index is 1.99. The first kappa shape index (κ1) is 15.8. The van der Waals surface area contributed by atoms with Crippen LogP contribution in [0.15, 0.2) is 23.3 Å². The summed E-state index contributed by atoms with van der Waals surface area (Å²) in [6.07, 6.45) is 10.1. The number of ether oxygens (including phenoxy) is 1. The van der Waals surface area contributed by atoms with E-state index >= 15 is 0 Å². The maximum atomic E-state index is 12.5. The molecule has 0 unspecified atom stereocenters. The van der Waals surface area contributed by atoms with Crippen LogP contribution in [0, 0.1) is 22.7 Å². The second-order valence-electron chi connectivity index (χ2n) is 8.51. The average Bonchev–Trinajstić information content (AvgIpc) is 2.46. The Labute approximate surface area is 135 Å². The van der Waals surface area contributed by atoms with Crippen molar-refractivity contribution in [3.63, 3.8) is 0 Å². The van der Waals surface area contributed by atoms with Gasteiger partial charge in [0.05, 0.1) is 0 Å². The number of allylic oxidation sites excluding steroid dienone is 2. The fraction of sp³-hybridized carbons (Fsp3) is 0.750. The molecular weight excluding hydrogens is 272 g/mol. The third kappa shape index (κ3) is 2.26. The van der Waals surface area contributed by atoms with Crippen molar-refractivity contribution < 1.29 is 9.53 Å². The number of carbonyl (C=O) groups is 1. The third-order valence-corrected chi connectivity index (χ3v) is 6.92. The molecule has 3 rings (SSSR count). The van der Waals surface area contributed by atoms with Gasteiger partial charge in [0, 0.05) is 11.5 Å². The first-order valence-electron chi connectivity index (χ1n) is 8.83. The number of hydrogen-bond donors (Lipinski definition) is 0. The first-order valence-corrected chi connectivity index (χ1v) is 8.83. The monoisotopic (exact) mass is 302 g/mol. The van der Waals surface area contributed by atoms with Crippen LogP contribution in [0.25, 0.3) is 0 Å². The Bertz CT molecular complexity index is 540. The van der Waals surface area contributed by atoms with E-state index in [0.717, 1.165) is 18.4 Å². The van der Waals surface area contributed by atoms with Crippen molar-refractivity contribution >= 4 is 5.97 Å². The van der Waals surface area contributed by atoms with Crippen LogP contribution >= 0.6 is 0 Å². The van der Waals surface area contributed by atoms with Crippen molar-refractivity contribution in [3.8, 4) is 0 Å². The minimum Gasteiger partial charge on any atom is -0.454 e. The number of carbonyl (C=O) groups excluding carboxylic acids is 1. The van der Waals surface area contributed by atoms with Crippen LogP contribution in [0.2, 0.25) is 0 Å². The second-order valence-corrected chi connectivity index (χ2v) is 8.51. The van der Waals surface area contributed by atoms with Crippen LogP contribution in [0.5, 0.6) is 0 Å². The van der Waals surface area contributed by atoms with Crippen LogP contribution in [0.1, 0.15) is 66.7 Å². The fourth-order valence-electron chi connectivity index (χ4n) is 5.46. The van der Waals surface area contributed by atoms with Crippen LogP contribution in [0.3, 0.4) is 0 Å². The molecule has 122 valence electrons. The molecule has 2 fully saturated rings. The second kappa shape index (κ2) is 5.25. The van der Waals surface area contributed by atoms with Crippen molar-refractivity contribution in [2.75, 3.05) is 0 Å². The Morgan fingerprint density at radius 1 is 1.32 bits per heavy atom. The van der Waals surface area contributed by atoms with Crippen molar-refractivity contribution in [2.45, 2.75) is 72.8 Å². The van der Waals surface area contributed by atoms with E-state index < -0.39 is 0 Å². The highest BCUT2D eigenvalue weighted by Gasteiger charge is 2.55. The SMILES string of the molecule is C/C=C(\C)[C@H]1C[C@H]2C(=CC[C@H]3C(C)(C)CCC[C@]23C)C(=O)O1. The van der Waals surface area contributed by atoms with Gasteiger partial charge in [-0.1, -0.05) is 39.3 Å². The molecule has 3 aliphatic rings. The molecule has 0 spiro atoms. The third-order valence-electron chi connectivity index (χ3n) is 6.92. The van der Waals surface area contributed by atoms with E-state index in [-0.39, 0.29) is 17.5 Å². The summed E-state index contributed by atoms with van der Waals surface area (Å²) in [5.41, 5.74) is 2.78. The van der Waals surface area contributed by atoms with Gasteiger partial charge >= 0.3 is 5.97 Å². The van der Waals surface area contributed by atoms with Gasteiger partial charge < -0.3 is 4.74 Å². The van der Waals surface area contributed by atoms with Crippen molar-refractivity contribution in [2.24, 2.45) is 22.7 Å². The molecular formula is C20H30O2. The standard InChI is InChI=1S/C20H30O2/c1-6-13(2)16-12-15-14(18(21)22-16)8-9-17-19(3,4)10-7-11-20(15,17)5/h6,8,15-17H,7,9-12H2,1-5H3/b13-6+/t15-,16+,17-,20+/m0/s1. The molecule has 0 amide bonds. The van der Waals surface area contributed by atoms with Crippen LogP contribution < -0.4 is 0 Å². The quantitative estimate of drug-likeness (QED) is 0.500. The van der Waals surface area contributed by atoms with Crippen molar-refractivity contribution in [1.29, 1.82) is 0 Å². The largest absolute Gasteiger partial charge is 0.454 e. The maximum absolute atomic E-state index is 12.5. The van der Waals surface area contributed by atoms with Gasteiger partial charge in [0.1, 0.15) is 6.10 Å². The number of esters is 1. The van der Waals surface area contributed by atoms with Crippen LogP contribution in [-0.2, 0) is 9.53 Å². The molecule has 2 aliphatic carbocycles. The molecule has 1 saturated carbocycles. The number of cyclic esters (lactones) is 1. The molecule has 1 heterocycles. The van der Waals surface area contributed by atoms with E-state index in [1.807, 2.05) is 6.92 Å². The van der Waals surface area contributed by atoms with Gasteiger partial charge in [0.2, 0.25) is 0 Å². The van der Waals surface area contributed by atoms with Gasteiger partial charge in [-0.2, -0.15) is 0 Å². The van der Waals surface area contributed by atoms with E-state index in [9.17, 15) is 4.79 Å². The zero-order valence-electron chi connectivity index (χ0n) is 14.7. The maximum Gasteiger partial charge on any atom is 0.334 e. The zero-order valence-corrected chi connectivity index (χ0v) is 14.7. The molecule has 0 aromatic rings. The summed E-state index contributed by atoms with van der Waals surface area (Å²) in [6.45, 7) is 11.4. The van der Waals surface area contributed by atoms with Crippen LogP contribution in [0.4, 0.5) is 0 Å². The number of fused-ring (bicyclic) bond motifs is 3. The minimum atomic E-state index is -0.0643. The fourth-order valence-corrected chi connectivity index (χ4v) is 5.46. The Morgan fingerprint density at radius 3 is 2.73 bits per heavy atom. The highest BCUT2D eigenvalue weighted by Crippen LogP contribution is 2.61. The Kier molecular flexibility index (Phi) is 3.78. The Morgan fingerprint density at radius 2 is 2.05 bits per heavy atom. The van der Waals surface area contributed by atoms with Gasteiger partial charge in [-0.25, -0.2) is 4.79 Å². The summed E-state index contributed by atoms with van der Waals surface area (Å²) in [5, 5.41) is 0. The van der Waals surface area contributed by atoms with E-state index in [0.29, 0.717) is 17.3 Å². The van der Waals surface area contributed by atoms with Gasteiger partial charge in [-0.05, 0) is 61.9 Å². The highest BCUT2D eigenvalue weighted by atomic mass is 16.5. The molecule has 1 saturated heterocycles. The van der Waals surface area contributed by atoms with Gasteiger partial charge in [0.15, 0.2) is 0 Å². The van der Waals surface area contributed by atoms with E-state index in [4.69, 9.17) is 4.74 Å². The smallest absolute Gasteiger partial charge is 0.334 e. The summed E-state index contributed by atoms with van der Waals surface area (Å²) in [6, 6.07) is 0. The lowest BCUT2D eigenvalue weighted by atomic mass is 9.47. The Hall–Kier alpha value is -1.05. The van der Waals surface area contributed by atoms with Crippen molar-refractivity contribution in [1.82, 2.24) is 0 Å². The summed E-state index contributed by atoms with van der Waals surface area (Å²) >= 11 is 0. The summed E-state index contributed by atoms with van der Waals surface area (Å²) in [4.78, 5) is 12.5. The summed E-state index contributed by atoms with van der Waals surface area (Å²) < 4.78 is 5.71. The lowest BCUT2D eigenvalue weighted by Gasteiger charge is -2.58. The molecule has 0 radical (unpaired) electrons. The topological polar surface area (TPSA) is 26.3 Å². The molecule has 0 bridgehead atoms. The van der Waals surface area contributed by atoms with E-state index in [1.165, 1.54) is 24.8 Å². The predicted molar refractivity (Wildman–Crippen MR) is 89.3 cm³/mol. The molecule has 0 N–H and O–H groups in total. The number of rotatable bonds is 1. The van der Waals surface area contributed by atoms with Gasteiger partial charge in [0.25, 0.3) is 0 Å². The zero-order chi connectivity index (χ0) is 16.1. The first-order chi connectivity index (χ1) is 10.3. The predicted octanol–water partition coefficient (Wildman–Crippen LogP) is 5.05. The van der Waals surface area contributed by atoms with Crippen LogP contribution in [-0.4, -0.2) is 12.1 Å². The van der Waals surface area contributed by atoms with Gasteiger partial charge in [-0.15, -0.1) is 0 Å². The van der Waals surface area contributed by atoms with Gasteiger partial charge in [-0.3, -0.25) is 0 Å². The lowest BCUT2D eigenvalue weighted by molar-refractivity contribution is -0.153. The average molecular weight is 302 g/mol. The molecule has 0 aromatic carbocycles. The molecule has 0 aromatic heterocycles. The molecule has 2 nitrogen and oxygen atoms in total. The molecule has 4 atom stereocenters. The summed E-state index contributed by atoms with van der Waals surface area (Å²) in [5.74, 6) is 0.984. The highest BCUT2D eigenvalue weighted by molar-refractivity contribution is 5.90. The number of hydrogen-bond acceptors (Lipinski definition) is 2. The van der Waals surface area contributed by atoms with Crippen molar-refractivity contribution in [3.05, 3.63) is 23.3 Å². The summed E-state index contributed by atoms with van der Waals surface area (Å²) in [7, 11) is 0. The van der Waals surface area contributed by atoms with E-state index in [1.54, 1.807) is 0 Å². The lowest BCUT2D eigenvalue weighted by Crippen LogP contribution is -2.52. The van der Waals surface area contributed by atoms with E-state index in [2.05, 4.69) is 39.8 Å². The molecule has 1 aliphatic heterocycles. The molecule has 22 heavy (non-hydrogen) atoms. The molecule has 2 heteroatoms. The minimum absolute atomic E-state index is 0.0275.